The van der Waals surface area contributed by atoms with E-state index in [1.807, 2.05) is 55.4 Å². The molecule has 13 heteroatoms. The van der Waals surface area contributed by atoms with Gasteiger partial charge in [-0.2, -0.15) is 5.06 Å². The normalized spacial score (nSPS) is 26.5. The minimum Gasteiger partial charge on any atom is -0.496 e. The molecule has 0 radical (unpaired) electrons. The van der Waals surface area contributed by atoms with Crippen LogP contribution in [0.5, 0.6) is 5.75 Å². The van der Waals surface area contributed by atoms with Crippen molar-refractivity contribution >= 4 is 29.4 Å². The van der Waals surface area contributed by atoms with Crippen LogP contribution in [0.2, 0.25) is 0 Å². The number of carbonyl (C=O) groups excluding carboxylic acids is 4. The van der Waals surface area contributed by atoms with E-state index in [1.165, 1.54) is 13.5 Å². The summed E-state index contributed by atoms with van der Waals surface area (Å²) in [4.78, 5) is 60.0. The maximum atomic E-state index is 14.5. The quantitative estimate of drug-likeness (QED) is 0.212. The third-order valence-electron chi connectivity index (χ3n) is 12.0. The summed E-state index contributed by atoms with van der Waals surface area (Å²) in [6.45, 7) is 8.62. The molecule has 1 heterocycles. The number of para-hydroxylation sites is 1. The van der Waals surface area contributed by atoms with Gasteiger partial charge in [0.15, 0.2) is 0 Å². The number of hydroxylamine groups is 2. The number of carbonyl (C=O) groups is 4. The summed E-state index contributed by atoms with van der Waals surface area (Å²) >= 11 is 0. The van der Waals surface area contributed by atoms with Crippen LogP contribution in [-0.4, -0.2) is 100 Å². The second-order valence-electron chi connectivity index (χ2n) is 15.7. The van der Waals surface area contributed by atoms with Crippen molar-refractivity contribution in [2.45, 2.75) is 84.2 Å². The number of fused-ring (bicyclic) bond motifs is 2. The van der Waals surface area contributed by atoms with Crippen LogP contribution in [0.3, 0.4) is 0 Å². The molecule has 1 saturated heterocycles. The molecular weight excluding hydrogens is 678 g/mol. The topological polar surface area (TPSA) is 159 Å². The van der Waals surface area contributed by atoms with Gasteiger partial charge in [-0.1, -0.05) is 39.0 Å². The first-order valence-corrected chi connectivity index (χ1v) is 18.6. The van der Waals surface area contributed by atoms with Gasteiger partial charge in [-0.15, -0.1) is 0 Å². The molecule has 8 atom stereocenters. The van der Waals surface area contributed by atoms with Crippen LogP contribution in [-0.2, 0) is 30.5 Å². The summed E-state index contributed by atoms with van der Waals surface area (Å²) in [7, 11) is 8.25. The number of esters is 1. The van der Waals surface area contributed by atoms with Crippen LogP contribution in [0.1, 0.15) is 69.3 Å². The van der Waals surface area contributed by atoms with Crippen LogP contribution in [0, 0.1) is 29.1 Å². The molecule has 53 heavy (non-hydrogen) atoms. The summed E-state index contributed by atoms with van der Waals surface area (Å²) < 4.78 is 10.7. The second-order valence-corrected chi connectivity index (χ2v) is 15.7. The number of nitrogens with one attached hydrogen (secondary N) is 3. The Kier molecular flexibility index (Phi) is 12.4. The fourth-order valence-corrected chi connectivity index (χ4v) is 8.77. The zero-order valence-electron chi connectivity index (χ0n) is 32.5. The Labute approximate surface area is 313 Å². The molecule has 0 spiro atoms. The zero-order chi connectivity index (χ0) is 38.8. The minimum absolute atomic E-state index is 0.01000. The van der Waals surface area contributed by atoms with E-state index in [2.05, 4.69) is 41.5 Å². The van der Waals surface area contributed by atoms with Crippen molar-refractivity contribution in [1.29, 1.82) is 0 Å². The van der Waals surface area contributed by atoms with Crippen molar-refractivity contribution in [3.63, 3.8) is 0 Å². The van der Waals surface area contributed by atoms with E-state index in [1.54, 1.807) is 26.1 Å². The molecular formula is C40H57N5O8. The minimum atomic E-state index is -0.964. The van der Waals surface area contributed by atoms with E-state index in [0.29, 0.717) is 29.1 Å². The largest absolute Gasteiger partial charge is 0.496 e. The number of benzene rings is 2. The van der Waals surface area contributed by atoms with E-state index >= 15 is 0 Å². The Morgan fingerprint density at radius 3 is 2.43 bits per heavy atom. The highest BCUT2D eigenvalue weighted by Crippen LogP contribution is 2.61. The maximum Gasteiger partial charge on any atom is 0.306 e. The number of methoxy groups -OCH3 is 2. The van der Waals surface area contributed by atoms with Gasteiger partial charge in [-0.25, -0.2) is 0 Å². The Hall–Kier alpha value is -4.20. The number of hydrogen-bond donors (Lipinski definition) is 4. The van der Waals surface area contributed by atoms with E-state index < -0.39 is 30.1 Å². The van der Waals surface area contributed by atoms with E-state index in [9.17, 15) is 24.3 Å². The van der Waals surface area contributed by atoms with Crippen molar-refractivity contribution in [2.24, 2.45) is 29.1 Å². The third-order valence-corrected chi connectivity index (χ3v) is 12.0. The molecule has 4 N–H and O–H groups in total. The lowest BCUT2D eigenvalue weighted by atomic mass is 9.45. The van der Waals surface area contributed by atoms with E-state index in [0.717, 1.165) is 28.8 Å². The number of amides is 3. The first kappa shape index (κ1) is 40.0. The number of aliphatic hydroxyl groups excluding tert-OH is 1. The molecule has 6 rings (SSSR count). The molecule has 2 aromatic carbocycles. The highest BCUT2D eigenvalue weighted by atomic mass is 16.7. The fraction of sp³-hybridized carbons (Fsp3) is 0.600. The third kappa shape index (κ3) is 8.32. The van der Waals surface area contributed by atoms with Gasteiger partial charge < -0.3 is 35.4 Å². The second kappa shape index (κ2) is 16.4. The molecule has 13 nitrogen and oxygen atoms in total. The van der Waals surface area contributed by atoms with Crippen molar-refractivity contribution in [1.82, 2.24) is 21.0 Å². The van der Waals surface area contributed by atoms with Crippen LogP contribution >= 0.6 is 0 Å². The van der Waals surface area contributed by atoms with Gasteiger partial charge in [0.25, 0.3) is 5.91 Å². The fourth-order valence-electron chi connectivity index (χ4n) is 8.77. The molecule has 3 amide bonds. The van der Waals surface area contributed by atoms with Gasteiger partial charge >= 0.3 is 5.97 Å². The van der Waals surface area contributed by atoms with Crippen LogP contribution in [0.15, 0.2) is 36.4 Å². The van der Waals surface area contributed by atoms with Crippen molar-refractivity contribution in [2.75, 3.05) is 46.8 Å². The number of rotatable bonds is 14. The number of anilines is 1. The molecule has 0 aromatic heterocycles. The molecule has 2 aromatic rings. The maximum absolute atomic E-state index is 14.5. The van der Waals surface area contributed by atoms with Gasteiger partial charge in [-0.3, -0.25) is 24.0 Å². The van der Waals surface area contributed by atoms with E-state index in [-0.39, 0.29) is 55.1 Å². The number of aliphatic hydroxyl groups is 1. The molecule has 1 aliphatic heterocycles. The molecule has 4 fully saturated rings. The molecule has 3 saturated carbocycles. The number of ether oxygens (including phenoxy) is 2. The lowest BCUT2D eigenvalue weighted by molar-refractivity contribution is -0.177. The number of nitrogens with zero attached hydrogens (tertiary/aromatic N) is 2. The SMILES string of the molecule is CNC(=O)c1cc(-c2cccc(CN3O[C@@H](CNC(=O)CCC(=O)OC)[C@@H]([C@H](C)O)[C@H]3C(=O)N[C@H]3C[C@H]4C[C@@H]([C@@H]3C)C4(C)C)c2OC)cc(N(C)C)c1. The van der Waals surface area contributed by atoms with Crippen LogP contribution in [0.4, 0.5) is 5.69 Å². The van der Waals surface area contributed by atoms with Gasteiger partial charge in [0, 0.05) is 68.4 Å². The summed E-state index contributed by atoms with van der Waals surface area (Å²) in [5, 5.41) is 21.7. The summed E-state index contributed by atoms with van der Waals surface area (Å²) in [6, 6.07) is 10.4. The number of hydrogen-bond acceptors (Lipinski definition) is 10. The smallest absolute Gasteiger partial charge is 0.306 e. The lowest BCUT2D eigenvalue weighted by Crippen LogP contribution is -2.62. The average molecular weight is 736 g/mol. The van der Waals surface area contributed by atoms with Crippen molar-refractivity contribution < 1.29 is 38.6 Å². The highest BCUT2D eigenvalue weighted by molar-refractivity contribution is 5.97. The summed E-state index contributed by atoms with van der Waals surface area (Å²) in [5.74, 6) is -0.121. The highest BCUT2D eigenvalue weighted by Gasteiger charge is 2.57. The van der Waals surface area contributed by atoms with Crippen molar-refractivity contribution in [3.05, 3.63) is 47.5 Å². The standard InChI is InChI=1S/C40H57N5O8/c1-22-30-18-27(40(30,3)4)19-31(22)43-39(50)36-35(23(2)46)32(20-42-33(47)13-14-34(48)51-8)53-45(36)21-24-11-10-12-29(37(24)52-9)25-15-26(38(49)41-5)17-28(16-25)44(6)7/h10-12,15-17,22-23,27,30-32,35-36,46H,13-14,18-21H2,1-9H3,(H,41,49)(H,42,47)(H,43,50)/t22-,23-,27+,30-,31-,32-,35+,36-/m0/s1. The summed E-state index contributed by atoms with van der Waals surface area (Å²) in [5.41, 5.74) is 3.82. The average Bonchev–Trinajstić information content (AvgIpc) is 3.50. The Morgan fingerprint density at radius 1 is 1.09 bits per heavy atom. The van der Waals surface area contributed by atoms with Gasteiger partial charge in [0.05, 0.1) is 33.3 Å². The van der Waals surface area contributed by atoms with Gasteiger partial charge in [-0.05, 0) is 66.7 Å². The molecule has 4 aliphatic rings. The predicted molar refractivity (Wildman–Crippen MR) is 201 cm³/mol. The van der Waals surface area contributed by atoms with Crippen LogP contribution < -0.4 is 25.6 Å². The lowest BCUT2D eigenvalue weighted by Gasteiger charge is -2.62. The molecule has 290 valence electrons. The van der Waals surface area contributed by atoms with Crippen LogP contribution in [0.25, 0.3) is 11.1 Å². The predicted octanol–water partition coefficient (Wildman–Crippen LogP) is 3.53. The Balaban J connectivity index is 1.47. The summed E-state index contributed by atoms with van der Waals surface area (Å²) in [6.07, 6.45) is 0.222. The molecule has 3 aliphatic carbocycles. The first-order chi connectivity index (χ1) is 25.1. The van der Waals surface area contributed by atoms with Crippen molar-refractivity contribution in [3.8, 4) is 16.9 Å². The monoisotopic (exact) mass is 735 g/mol. The van der Waals surface area contributed by atoms with E-state index in [4.69, 9.17) is 9.57 Å². The van der Waals surface area contributed by atoms with Gasteiger partial charge in [0.2, 0.25) is 11.8 Å². The molecule has 2 bridgehead atoms. The first-order valence-electron chi connectivity index (χ1n) is 18.6. The molecule has 0 unspecified atom stereocenters. The Bertz CT molecular complexity index is 1680. The zero-order valence-corrected chi connectivity index (χ0v) is 32.5. The van der Waals surface area contributed by atoms with Gasteiger partial charge in [0.1, 0.15) is 17.9 Å². The Morgan fingerprint density at radius 2 is 1.83 bits per heavy atom.